The van der Waals surface area contributed by atoms with Crippen molar-refractivity contribution >= 4 is 17.7 Å². The molecule has 134 valence electrons. The summed E-state index contributed by atoms with van der Waals surface area (Å²) >= 11 is 0. The summed E-state index contributed by atoms with van der Waals surface area (Å²) in [4.78, 5) is 22.3. The lowest BCUT2D eigenvalue weighted by molar-refractivity contribution is -0.385. The molecule has 0 spiro atoms. The van der Waals surface area contributed by atoms with Crippen molar-refractivity contribution in [2.75, 3.05) is 13.2 Å². The zero-order chi connectivity index (χ0) is 18.5. The number of carbonyl (C=O) groups excluding carboxylic acids is 1. The zero-order valence-corrected chi connectivity index (χ0v) is 14.1. The van der Waals surface area contributed by atoms with Gasteiger partial charge in [-0.05, 0) is 36.3 Å². The molecular formula is C19H17NO6. The van der Waals surface area contributed by atoms with Crippen LogP contribution in [0.4, 0.5) is 5.69 Å². The van der Waals surface area contributed by atoms with E-state index >= 15 is 0 Å². The maximum atomic E-state index is 12.0. The Labute approximate surface area is 150 Å². The highest BCUT2D eigenvalue weighted by Gasteiger charge is 2.14. The number of hydrogen-bond donors (Lipinski definition) is 0. The van der Waals surface area contributed by atoms with Gasteiger partial charge in [0.15, 0.2) is 11.5 Å². The zero-order valence-electron chi connectivity index (χ0n) is 14.1. The largest absolute Gasteiger partial charge is 0.486 e. The Morgan fingerprint density at radius 3 is 2.73 bits per heavy atom. The summed E-state index contributed by atoms with van der Waals surface area (Å²) in [6, 6.07) is 11.4. The van der Waals surface area contributed by atoms with Crippen molar-refractivity contribution in [3.63, 3.8) is 0 Å². The lowest BCUT2D eigenvalue weighted by atomic mass is 10.1. The van der Waals surface area contributed by atoms with Crippen molar-refractivity contribution in [3.05, 3.63) is 69.8 Å². The molecule has 26 heavy (non-hydrogen) atoms. The van der Waals surface area contributed by atoms with Gasteiger partial charge in [0.2, 0.25) is 0 Å². The highest BCUT2D eigenvalue weighted by atomic mass is 16.6. The molecule has 0 fully saturated rings. The summed E-state index contributed by atoms with van der Waals surface area (Å²) in [6.07, 6.45) is 2.31. The quantitative estimate of drug-likeness (QED) is 0.352. The Morgan fingerprint density at radius 1 is 1.19 bits per heavy atom. The van der Waals surface area contributed by atoms with Crippen LogP contribution < -0.4 is 9.47 Å². The van der Waals surface area contributed by atoms with E-state index in [1.54, 1.807) is 43.3 Å². The molecule has 0 radical (unpaired) electrons. The molecule has 0 saturated heterocycles. The number of fused-ring (bicyclic) bond motifs is 1. The van der Waals surface area contributed by atoms with Crippen LogP contribution in [0.25, 0.3) is 6.08 Å². The van der Waals surface area contributed by atoms with Gasteiger partial charge in [-0.15, -0.1) is 0 Å². The van der Waals surface area contributed by atoms with Crippen LogP contribution in [0.3, 0.4) is 0 Å². The number of ether oxygens (including phenoxy) is 3. The molecule has 0 aliphatic carbocycles. The maximum absolute atomic E-state index is 12.0. The predicted molar refractivity (Wildman–Crippen MR) is 94.1 cm³/mol. The van der Waals surface area contributed by atoms with Crippen molar-refractivity contribution < 1.29 is 23.9 Å². The van der Waals surface area contributed by atoms with Gasteiger partial charge in [-0.1, -0.05) is 18.2 Å². The molecule has 1 atom stereocenters. The average Bonchev–Trinajstić information content (AvgIpc) is 2.66. The smallest absolute Gasteiger partial charge is 0.331 e. The second-order valence-electron chi connectivity index (χ2n) is 5.67. The normalized spacial score (nSPS) is 14.0. The first-order valence-corrected chi connectivity index (χ1v) is 8.05. The Morgan fingerprint density at radius 2 is 1.96 bits per heavy atom. The van der Waals surface area contributed by atoms with Crippen molar-refractivity contribution in [1.82, 2.24) is 0 Å². The van der Waals surface area contributed by atoms with Gasteiger partial charge in [-0.2, -0.15) is 0 Å². The van der Waals surface area contributed by atoms with Gasteiger partial charge in [0.1, 0.15) is 19.3 Å². The minimum Gasteiger partial charge on any atom is -0.486 e. The molecule has 1 aliphatic rings. The van der Waals surface area contributed by atoms with Crippen LogP contribution in [-0.2, 0) is 9.53 Å². The van der Waals surface area contributed by atoms with Crippen LogP contribution in [0.15, 0.2) is 48.5 Å². The summed E-state index contributed by atoms with van der Waals surface area (Å²) in [6.45, 7) is 2.67. The molecule has 0 N–H and O–H groups in total. The minimum absolute atomic E-state index is 0.0442. The van der Waals surface area contributed by atoms with E-state index in [-0.39, 0.29) is 5.69 Å². The molecule has 1 aliphatic heterocycles. The molecule has 0 saturated carbocycles. The van der Waals surface area contributed by atoms with Crippen molar-refractivity contribution in [1.29, 1.82) is 0 Å². The van der Waals surface area contributed by atoms with Crippen molar-refractivity contribution in [2.24, 2.45) is 0 Å². The fourth-order valence-corrected chi connectivity index (χ4v) is 2.50. The molecular weight excluding hydrogens is 338 g/mol. The van der Waals surface area contributed by atoms with Crippen LogP contribution in [0.2, 0.25) is 0 Å². The van der Waals surface area contributed by atoms with E-state index in [0.29, 0.717) is 30.3 Å². The summed E-state index contributed by atoms with van der Waals surface area (Å²) in [7, 11) is 0. The van der Waals surface area contributed by atoms with Crippen LogP contribution >= 0.6 is 0 Å². The molecule has 2 aromatic carbocycles. The number of benzene rings is 2. The molecule has 7 nitrogen and oxygen atoms in total. The number of esters is 1. The fourth-order valence-electron chi connectivity index (χ4n) is 2.50. The van der Waals surface area contributed by atoms with E-state index in [1.807, 2.05) is 0 Å². The van der Waals surface area contributed by atoms with Gasteiger partial charge in [0.05, 0.1) is 4.92 Å². The Bertz CT molecular complexity index is 861. The number of hydrogen-bond acceptors (Lipinski definition) is 6. The summed E-state index contributed by atoms with van der Waals surface area (Å²) in [5.74, 6) is 0.769. The first-order valence-electron chi connectivity index (χ1n) is 8.05. The van der Waals surface area contributed by atoms with E-state index in [4.69, 9.17) is 14.2 Å². The Kier molecular flexibility index (Phi) is 5.17. The first-order chi connectivity index (χ1) is 12.5. The third kappa shape index (κ3) is 4.18. The SMILES string of the molecule is C[C@@H](OC(=O)/C=C/c1ccc2c(c1)OCCO2)c1cccc([N+](=O)[O-])c1. The number of non-ortho nitro benzene ring substituents is 1. The van der Waals surface area contributed by atoms with Crippen LogP contribution in [0.5, 0.6) is 11.5 Å². The standard InChI is InChI=1S/C19H17NO6/c1-13(15-3-2-4-16(12-15)20(22)23)26-19(21)8-6-14-5-7-17-18(11-14)25-10-9-24-17/h2-8,11-13H,9-10H2,1H3/b8-6+/t13-/m1/s1. The summed E-state index contributed by atoms with van der Waals surface area (Å²) in [5, 5.41) is 10.8. The molecule has 0 bridgehead atoms. The Balaban J connectivity index is 1.64. The number of nitro benzene ring substituents is 1. The highest BCUT2D eigenvalue weighted by molar-refractivity contribution is 5.87. The molecule has 0 unspecified atom stereocenters. The van der Waals surface area contributed by atoms with Gasteiger partial charge in [-0.25, -0.2) is 4.79 Å². The maximum Gasteiger partial charge on any atom is 0.331 e. The molecule has 3 rings (SSSR count). The average molecular weight is 355 g/mol. The molecule has 0 amide bonds. The predicted octanol–water partition coefficient (Wildman–Crippen LogP) is 3.68. The highest BCUT2D eigenvalue weighted by Crippen LogP contribution is 2.31. The monoisotopic (exact) mass is 355 g/mol. The van der Waals surface area contributed by atoms with E-state index in [1.165, 1.54) is 18.2 Å². The molecule has 7 heteroatoms. The van der Waals surface area contributed by atoms with E-state index < -0.39 is 17.0 Å². The number of rotatable bonds is 5. The van der Waals surface area contributed by atoms with Crippen LogP contribution in [0, 0.1) is 10.1 Å². The Hall–Kier alpha value is -3.35. The third-order valence-electron chi connectivity index (χ3n) is 3.82. The molecule has 0 aromatic heterocycles. The van der Waals surface area contributed by atoms with Gasteiger partial charge in [0, 0.05) is 18.2 Å². The van der Waals surface area contributed by atoms with Crippen molar-refractivity contribution in [2.45, 2.75) is 13.0 Å². The van der Waals surface area contributed by atoms with Gasteiger partial charge in [-0.3, -0.25) is 10.1 Å². The van der Waals surface area contributed by atoms with Gasteiger partial charge in [0.25, 0.3) is 5.69 Å². The fraction of sp³-hybridized carbons (Fsp3) is 0.211. The first kappa shape index (κ1) is 17.5. The topological polar surface area (TPSA) is 87.9 Å². The van der Waals surface area contributed by atoms with Gasteiger partial charge < -0.3 is 14.2 Å². The molecule has 2 aromatic rings. The number of nitro groups is 1. The number of carbonyl (C=O) groups is 1. The summed E-state index contributed by atoms with van der Waals surface area (Å²) < 4.78 is 16.2. The van der Waals surface area contributed by atoms with E-state index in [0.717, 1.165) is 5.56 Å². The summed E-state index contributed by atoms with van der Waals surface area (Å²) in [5.41, 5.74) is 1.28. The second kappa shape index (κ2) is 7.69. The minimum atomic E-state index is -0.604. The lowest BCUT2D eigenvalue weighted by Crippen LogP contribution is -2.15. The van der Waals surface area contributed by atoms with E-state index in [2.05, 4.69) is 0 Å². The van der Waals surface area contributed by atoms with Crippen molar-refractivity contribution in [3.8, 4) is 11.5 Å². The van der Waals surface area contributed by atoms with Crippen LogP contribution in [-0.4, -0.2) is 24.1 Å². The van der Waals surface area contributed by atoms with Crippen LogP contribution in [0.1, 0.15) is 24.2 Å². The van der Waals surface area contributed by atoms with Gasteiger partial charge >= 0.3 is 5.97 Å². The van der Waals surface area contributed by atoms with E-state index in [9.17, 15) is 14.9 Å². The molecule has 1 heterocycles. The lowest BCUT2D eigenvalue weighted by Gasteiger charge is -2.18. The third-order valence-corrected chi connectivity index (χ3v) is 3.82. The number of nitrogens with zero attached hydrogens (tertiary/aromatic N) is 1. The second-order valence-corrected chi connectivity index (χ2v) is 5.67.